The van der Waals surface area contributed by atoms with Gasteiger partial charge in [0.05, 0.1) is 18.8 Å². The van der Waals surface area contributed by atoms with Crippen LogP contribution < -0.4 is 5.43 Å². The lowest BCUT2D eigenvalue weighted by atomic mass is 10.3. The Kier molecular flexibility index (Phi) is 3.49. The maximum Gasteiger partial charge on any atom is 0.417 e. The van der Waals surface area contributed by atoms with Crippen molar-refractivity contribution < 1.29 is 17.9 Å². The molecule has 0 aromatic carbocycles. The summed E-state index contributed by atoms with van der Waals surface area (Å²) in [4.78, 5) is 3.73. The van der Waals surface area contributed by atoms with E-state index in [1.54, 1.807) is 0 Å². The molecule has 0 aliphatic carbocycles. The molecule has 0 spiro atoms. The smallest absolute Gasteiger partial charge is 0.379 e. The van der Waals surface area contributed by atoms with E-state index in [2.05, 4.69) is 10.4 Å². The van der Waals surface area contributed by atoms with E-state index in [1.165, 1.54) is 6.07 Å². The Balaban J connectivity index is 1.98. The minimum Gasteiger partial charge on any atom is -0.379 e. The maximum absolute atomic E-state index is 12.3. The Hall–Kier alpha value is -1.34. The summed E-state index contributed by atoms with van der Waals surface area (Å²) in [5.41, 5.74) is 2.19. The molecule has 2 rings (SSSR count). The van der Waals surface area contributed by atoms with E-state index in [0.717, 1.165) is 12.3 Å². The minimum atomic E-state index is -4.34. The van der Waals surface area contributed by atoms with E-state index in [-0.39, 0.29) is 0 Å². The first-order valence-corrected chi connectivity index (χ1v) is 5.18. The highest BCUT2D eigenvalue weighted by Gasteiger charge is 2.30. The molecular weight excluding hydrogens is 235 g/mol. The second kappa shape index (κ2) is 4.89. The fourth-order valence-electron chi connectivity index (χ4n) is 1.46. The normalized spacial score (nSPS) is 18.1. The Morgan fingerprint density at radius 3 is 2.47 bits per heavy atom. The van der Waals surface area contributed by atoms with Crippen molar-refractivity contribution >= 4 is 5.82 Å². The Labute approximate surface area is 96.4 Å². The number of morpholine rings is 1. The zero-order valence-electron chi connectivity index (χ0n) is 9.00. The number of halogens is 3. The van der Waals surface area contributed by atoms with Crippen molar-refractivity contribution in [3.63, 3.8) is 0 Å². The van der Waals surface area contributed by atoms with Crippen molar-refractivity contribution in [1.82, 2.24) is 9.99 Å². The third-order valence-corrected chi connectivity index (χ3v) is 2.37. The summed E-state index contributed by atoms with van der Waals surface area (Å²) >= 11 is 0. The lowest BCUT2D eigenvalue weighted by Gasteiger charge is -2.27. The molecule has 1 saturated heterocycles. The summed E-state index contributed by atoms with van der Waals surface area (Å²) in [5.74, 6) is 0.403. The van der Waals surface area contributed by atoms with E-state index < -0.39 is 11.7 Å². The second-order valence-electron chi connectivity index (χ2n) is 3.64. The number of hydrogen-bond acceptors (Lipinski definition) is 4. The zero-order chi connectivity index (χ0) is 12.3. The number of alkyl halides is 3. The van der Waals surface area contributed by atoms with Crippen LogP contribution in [0.25, 0.3) is 0 Å². The summed E-state index contributed by atoms with van der Waals surface area (Å²) in [5, 5.41) is 1.86. The van der Waals surface area contributed by atoms with E-state index in [9.17, 15) is 13.2 Å². The molecule has 17 heavy (non-hydrogen) atoms. The van der Waals surface area contributed by atoms with Crippen molar-refractivity contribution in [3.05, 3.63) is 23.9 Å². The Morgan fingerprint density at radius 2 is 1.94 bits per heavy atom. The van der Waals surface area contributed by atoms with Crippen LogP contribution in [0, 0.1) is 0 Å². The molecule has 0 amide bonds. The predicted molar refractivity (Wildman–Crippen MR) is 55.3 cm³/mol. The van der Waals surface area contributed by atoms with Crippen LogP contribution in [0.15, 0.2) is 18.3 Å². The van der Waals surface area contributed by atoms with E-state index >= 15 is 0 Å². The molecular formula is C10H12F3N3O. The topological polar surface area (TPSA) is 37.4 Å². The fraction of sp³-hybridized carbons (Fsp3) is 0.500. The van der Waals surface area contributed by atoms with Gasteiger partial charge in [0, 0.05) is 19.3 Å². The van der Waals surface area contributed by atoms with Gasteiger partial charge in [-0.25, -0.2) is 9.99 Å². The van der Waals surface area contributed by atoms with Crippen LogP contribution in [0.1, 0.15) is 5.56 Å². The first-order valence-electron chi connectivity index (χ1n) is 5.18. The molecule has 1 aliphatic heterocycles. The highest BCUT2D eigenvalue weighted by molar-refractivity contribution is 5.35. The van der Waals surface area contributed by atoms with Crippen molar-refractivity contribution in [3.8, 4) is 0 Å². The number of ether oxygens (including phenoxy) is 1. The van der Waals surface area contributed by atoms with Crippen LogP contribution in [-0.4, -0.2) is 36.3 Å². The summed E-state index contributed by atoms with van der Waals surface area (Å²) in [6.07, 6.45) is -3.52. The molecule has 1 aliphatic rings. The van der Waals surface area contributed by atoms with Gasteiger partial charge in [0.1, 0.15) is 5.82 Å². The van der Waals surface area contributed by atoms with Crippen molar-refractivity contribution in [2.75, 3.05) is 31.7 Å². The molecule has 94 valence electrons. The Morgan fingerprint density at radius 1 is 1.24 bits per heavy atom. The quantitative estimate of drug-likeness (QED) is 0.864. The highest BCUT2D eigenvalue weighted by Crippen LogP contribution is 2.28. The van der Waals surface area contributed by atoms with Crippen LogP contribution in [0.2, 0.25) is 0 Å². The van der Waals surface area contributed by atoms with Gasteiger partial charge in [0.25, 0.3) is 0 Å². The molecule has 0 saturated carbocycles. The first kappa shape index (κ1) is 12.1. The van der Waals surface area contributed by atoms with Gasteiger partial charge >= 0.3 is 6.18 Å². The average Bonchev–Trinajstić information content (AvgIpc) is 2.30. The zero-order valence-corrected chi connectivity index (χ0v) is 9.00. The second-order valence-corrected chi connectivity index (χ2v) is 3.64. The van der Waals surface area contributed by atoms with Crippen LogP contribution in [-0.2, 0) is 10.9 Å². The summed E-state index contributed by atoms with van der Waals surface area (Å²) in [6.45, 7) is 2.58. The first-order chi connectivity index (χ1) is 8.05. The maximum atomic E-state index is 12.3. The van der Waals surface area contributed by atoms with E-state index in [4.69, 9.17) is 4.74 Å². The van der Waals surface area contributed by atoms with Crippen LogP contribution in [0.4, 0.5) is 19.0 Å². The molecule has 0 unspecified atom stereocenters. The van der Waals surface area contributed by atoms with Crippen molar-refractivity contribution in [2.24, 2.45) is 0 Å². The molecule has 1 fully saturated rings. The number of pyridine rings is 1. The predicted octanol–water partition coefficient (Wildman–Crippen LogP) is 1.76. The number of anilines is 1. The minimum absolute atomic E-state index is 0.403. The van der Waals surface area contributed by atoms with Crippen LogP contribution in [0.5, 0.6) is 0 Å². The standard InChI is InChI=1S/C10H12F3N3O/c11-10(12,13)8-1-2-9(14-7-8)15-16-3-5-17-6-4-16/h1-2,7H,3-6H2,(H,14,15). The number of nitrogens with zero attached hydrogens (tertiary/aromatic N) is 2. The van der Waals surface area contributed by atoms with Gasteiger partial charge in [-0.15, -0.1) is 0 Å². The number of nitrogens with one attached hydrogen (secondary N) is 1. The molecule has 1 aromatic rings. The van der Waals surface area contributed by atoms with E-state index in [1.807, 2.05) is 5.01 Å². The highest BCUT2D eigenvalue weighted by atomic mass is 19.4. The van der Waals surface area contributed by atoms with Gasteiger partial charge in [0.15, 0.2) is 0 Å². The number of hydrazine groups is 1. The molecule has 1 N–H and O–H groups in total. The summed E-state index contributed by atoms with van der Waals surface area (Å²) < 4.78 is 42.0. The van der Waals surface area contributed by atoms with Gasteiger partial charge < -0.3 is 10.2 Å². The summed E-state index contributed by atoms with van der Waals surface area (Å²) in [7, 11) is 0. The lowest BCUT2D eigenvalue weighted by molar-refractivity contribution is -0.137. The summed E-state index contributed by atoms with van der Waals surface area (Å²) in [6, 6.07) is 2.33. The van der Waals surface area contributed by atoms with Crippen molar-refractivity contribution in [2.45, 2.75) is 6.18 Å². The molecule has 0 atom stereocenters. The fourth-order valence-corrected chi connectivity index (χ4v) is 1.46. The number of hydrogen-bond donors (Lipinski definition) is 1. The third kappa shape index (κ3) is 3.31. The molecule has 7 heteroatoms. The van der Waals surface area contributed by atoms with Crippen LogP contribution >= 0.6 is 0 Å². The van der Waals surface area contributed by atoms with Gasteiger partial charge in [0.2, 0.25) is 0 Å². The third-order valence-electron chi connectivity index (χ3n) is 2.37. The molecule has 4 nitrogen and oxygen atoms in total. The van der Waals surface area contributed by atoms with Gasteiger partial charge in [-0.3, -0.25) is 0 Å². The SMILES string of the molecule is FC(F)(F)c1ccc(NN2CCOCC2)nc1. The molecule has 2 heterocycles. The van der Waals surface area contributed by atoms with E-state index in [0.29, 0.717) is 32.1 Å². The monoisotopic (exact) mass is 247 g/mol. The number of rotatable bonds is 2. The molecule has 0 bridgehead atoms. The van der Waals surface area contributed by atoms with Gasteiger partial charge in [-0.2, -0.15) is 13.2 Å². The molecule has 1 aromatic heterocycles. The lowest BCUT2D eigenvalue weighted by Crippen LogP contribution is -2.40. The average molecular weight is 247 g/mol. The van der Waals surface area contributed by atoms with Gasteiger partial charge in [-0.05, 0) is 12.1 Å². The van der Waals surface area contributed by atoms with Crippen molar-refractivity contribution in [1.29, 1.82) is 0 Å². The number of aromatic nitrogens is 1. The molecule has 0 radical (unpaired) electrons. The largest absolute Gasteiger partial charge is 0.417 e. The van der Waals surface area contributed by atoms with Gasteiger partial charge in [-0.1, -0.05) is 0 Å². The van der Waals surface area contributed by atoms with Crippen LogP contribution in [0.3, 0.4) is 0 Å². The Bertz CT molecular complexity index is 360.